The predicted octanol–water partition coefficient (Wildman–Crippen LogP) is 4.37. The van der Waals surface area contributed by atoms with Crippen LogP contribution in [0.2, 0.25) is 0 Å². The van der Waals surface area contributed by atoms with Crippen molar-refractivity contribution in [1.82, 2.24) is 10.1 Å². The van der Waals surface area contributed by atoms with Crippen LogP contribution < -0.4 is 14.3 Å². The van der Waals surface area contributed by atoms with Crippen molar-refractivity contribution in [3.8, 4) is 5.75 Å². The second-order valence-electron chi connectivity index (χ2n) is 9.51. The number of nitrogens with one attached hydrogen (secondary N) is 2. The molecule has 0 aliphatic heterocycles. The van der Waals surface area contributed by atoms with Gasteiger partial charge in [0, 0.05) is 0 Å². The first-order valence-electron chi connectivity index (χ1n) is 12.4. The van der Waals surface area contributed by atoms with Gasteiger partial charge in [0.05, 0.1) is 11.1 Å². The van der Waals surface area contributed by atoms with Crippen molar-refractivity contribution < 1.29 is 25.8 Å². The van der Waals surface area contributed by atoms with Crippen molar-refractivity contribution in [3.63, 3.8) is 0 Å². The van der Waals surface area contributed by atoms with Gasteiger partial charge in [-0.05, 0) is 65.6 Å². The number of carbonyl (C=O) groups excluding carboxylic acids is 1. The first-order chi connectivity index (χ1) is 18.9. The second-order valence-corrected chi connectivity index (χ2v) is 12.8. The first-order valence-corrected chi connectivity index (χ1v) is 15.3. The molecule has 0 unspecified atom stereocenters. The number of fused-ring (bicyclic) bond motifs is 1. The minimum absolute atomic E-state index is 0.0188. The molecule has 9 nitrogen and oxygen atoms in total. The van der Waals surface area contributed by atoms with Crippen LogP contribution in [-0.4, -0.2) is 35.0 Å². The molecular weight excluding hydrogens is 550 g/mol. The van der Waals surface area contributed by atoms with Crippen LogP contribution in [-0.2, 0) is 24.9 Å². The minimum atomic E-state index is -4.10. The van der Waals surface area contributed by atoms with Gasteiger partial charge in [0.1, 0.15) is 16.7 Å². The van der Waals surface area contributed by atoms with E-state index in [0.29, 0.717) is 5.56 Å². The van der Waals surface area contributed by atoms with E-state index >= 15 is 0 Å². The highest BCUT2D eigenvalue weighted by Gasteiger charge is 2.28. The van der Waals surface area contributed by atoms with Gasteiger partial charge < -0.3 is 4.18 Å². The van der Waals surface area contributed by atoms with Crippen LogP contribution in [0.5, 0.6) is 5.75 Å². The van der Waals surface area contributed by atoms with E-state index in [-0.39, 0.29) is 21.5 Å². The van der Waals surface area contributed by atoms with E-state index in [2.05, 4.69) is 15.2 Å². The molecule has 0 radical (unpaired) electrons. The number of hydrogen-bond acceptors (Lipinski definition) is 7. The highest BCUT2D eigenvalue weighted by molar-refractivity contribution is 7.89. The lowest BCUT2D eigenvalue weighted by Crippen LogP contribution is -2.48. The molecule has 208 valence electrons. The maximum absolute atomic E-state index is 12.9. The molecule has 11 heteroatoms. The fraction of sp³-hybridized carbons (Fsp3) is 0.172. The second kappa shape index (κ2) is 12.0. The summed E-state index contributed by atoms with van der Waals surface area (Å²) >= 11 is 0. The quantitative estimate of drug-likeness (QED) is 0.163. The number of sulfonamides is 1. The molecule has 4 aromatic carbocycles. The molecule has 0 saturated carbocycles. The van der Waals surface area contributed by atoms with Crippen LogP contribution in [0.1, 0.15) is 25.0 Å². The number of hydrazone groups is 1. The number of nitrogens with zero attached hydrogens (tertiary/aromatic N) is 1. The maximum Gasteiger partial charge on any atom is 0.339 e. The zero-order valence-corrected chi connectivity index (χ0v) is 23.7. The molecule has 1 amide bonds. The smallest absolute Gasteiger partial charge is 0.339 e. The minimum Gasteiger partial charge on any atom is -0.379 e. The summed E-state index contributed by atoms with van der Waals surface area (Å²) in [5, 5.41) is 5.60. The lowest BCUT2D eigenvalue weighted by molar-refractivity contribution is -0.123. The molecule has 0 saturated heterocycles. The standard InChI is InChI=1S/C29H29N3O6S2/c1-20(2)28(32-39(34,35)26-14-11-21(3)12-15-26)29(33)31-30-19-22-7-6-10-25(17-22)38-40(36,37)27-16-13-23-8-4-5-9-24(23)18-27/h4-20,28,32H,1-3H3,(H,31,33)/b30-19-/t28-/m0/s1. The van der Waals surface area contributed by atoms with Gasteiger partial charge in [-0.2, -0.15) is 18.2 Å². The molecule has 4 rings (SSSR count). The van der Waals surface area contributed by atoms with Crippen LogP contribution in [0.15, 0.2) is 106 Å². The zero-order valence-electron chi connectivity index (χ0n) is 22.1. The van der Waals surface area contributed by atoms with E-state index in [1.807, 2.05) is 31.2 Å². The van der Waals surface area contributed by atoms with Crippen LogP contribution in [0.25, 0.3) is 10.8 Å². The van der Waals surface area contributed by atoms with Crippen molar-refractivity contribution >= 4 is 43.0 Å². The van der Waals surface area contributed by atoms with E-state index in [4.69, 9.17) is 4.18 Å². The normalized spacial score (nSPS) is 13.0. The average Bonchev–Trinajstić information content (AvgIpc) is 2.91. The van der Waals surface area contributed by atoms with E-state index < -0.39 is 32.1 Å². The lowest BCUT2D eigenvalue weighted by Gasteiger charge is -2.20. The summed E-state index contributed by atoms with van der Waals surface area (Å²) in [6, 6.07) is 23.5. The van der Waals surface area contributed by atoms with Crippen LogP contribution in [0.4, 0.5) is 0 Å². The fourth-order valence-electron chi connectivity index (χ4n) is 3.83. The van der Waals surface area contributed by atoms with Gasteiger partial charge in [0.25, 0.3) is 5.91 Å². The van der Waals surface area contributed by atoms with Crippen molar-refractivity contribution in [2.24, 2.45) is 11.0 Å². The number of benzene rings is 4. The Bertz CT molecular complexity index is 1770. The fourth-order valence-corrected chi connectivity index (χ4v) is 6.13. The van der Waals surface area contributed by atoms with E-state index in [1.54, 1.807) is 50.2 Å². The Kier molecular flexibility index (Phi) is 8.67. The monoisotopic (exact) mass is 579 g/mol. The largest absolute Gasteiger partial charge is 0.379 e. The van der Waals surface area contributed by atoms with Gasteiger partial charge in [-0.15, -0.1) is 0 Å². The van der Waals surface area contributed by atoms with Crippen molar-refractivity contribution in [3.05, 3.63) is 102 Å². The molecule has 0 fully saturated rings. The maximum atomic E-state index is 12.9. The molecule has 1 atom stereocenters. The van der Waals surface area contributed by atoms with Crippen molar-refractivity contribution in [2.75, 3.05) is 0 Å². The van der Waals surface area contributed by atoms with E-state index in [0.717, 1.165) is 16.3 Å². The third-order valence-corrected chi connectivity index (χ3v) is 8.72. The third kappa shape index (κ3) is 7.12. The Labute approximate surface area is 234 Å². The molecule has 0 spiro atoms. The van der Waals surface area contributed by atoms with E-state index in [1.165, 1.54) is 36.5 Å². The van der Waals surface area contributed by atoms with Crippen molar-refractivity contribution in [1.29, 1.82) is 0 Å². The number of aryl methyl sites for hydroxylation is 1. The molecule has 0 aliphatic carbocycles. The Morgan fingerprint density at radius 1 is 0.825 bits per heavy atom. The Balaban J connectivity index is 1.43. The molecule has 4 aromatic rings. The van der Waals surface area contributed by atoms with E-state index in [9.17, 15) is 21.6 Å². The summed E-state index contributed by atoms with van der Waals surface area (Å²) < 4.78 is 59.1. The van der Waals surface area contributed by atoms with Crippen LogP contribution >= 0.6 is 0 Å². The molecule has 0 aliphatic rings. The van der Waals surface area contributed by atoms with Gasteiger partial charge >= 0.3 is 10.1 Å². The summed E-state index contributed by atoms with van der Waals surface area (Å²) in [7, 11) is -8.04. The summed E-state index contributed by atoms with van der Waals surface area (Å²) in [4.78, 5) is 12.9. The van der Waals surface area contributed by atoms with Gasteiger partial charge in [-0.1, -0.05) is 74.0 Å². The molecule has 2 N–H and O–H groups in total. The predicted molar refractivity (Wildman–Crippen MR) is 154 cm³/mol. The van der Waals surface area contributed by atoms with Gasteiger partial charge in [0.2, 0.25) is 10.0 Å². The van der Waals surface area contributed by atoms with Crippen LogP contribution in [0, 0.1) is 12.8 Å². The first kappa shape index (κ1) is 28.9. The topological polar surface area (TPSA) is 131 Å². The zero-order chi connectivity index (χ0) is 28.9. The molecule has 0 heterocycles. The van der Waals surface area contributed by atoms with Gasteiger partial charge in [-0.3, -0.25) is 4.79 Å². The lowest BCUT2D eigenvalue weighted by atomic mass is 10.1. The number of hydrogen-bond donors (Lipinski definition) is 2. The number of amides is 1. The molecule has 40 heavy (non-hydrogen) atoms. The SMILES string of the molecule is Cc1ccc(S(=O)(=O)N[C@H](C(=O)N/N=C\c2cccc(OS(=O)(=O)c3ccc4ccccc4c3)c2)C(C)C)cc1. The summed E-state index contributed by atoms with van der Waals surface area (Å²) in [5.41, 5.74) is 3.71. The molecular formula is C29H29N3O6S2. The van der Waals surface area contributed by atoms with Gasteiger partial charge in [0.15, 0.2) is 0 Å². The Hall–Kier alpha value is -4.06. The Morgan fingerprint density at radius 2 is 1.50 bits per heavy atom. The van der Waals surface area contributed by atoms with Crippen molar-refractivity contribution in [2.45, 2.75) is 36.6 Å². The number of rotatable bonds is 10. The van der Waals surface area contributed by atoms with Gasteiger partial charge in [-0.25, -0.2) is 13.8 Å². The summed E-state index contributed by atoms with van der Waals surface area (Å²) in [5.74, 6) is -0.949. The van der Waals surface area contributed by atoms with Crippen LogP contribution in [0.3, 0.4) is 0 Å². The summed E-state index contributed by atoms with van der Waals surface area (Å²) in [6.45, 7) is 5.27. The third-order valence-electron chi connectivity index (χ3n) is 6.02. The summed E-state index contributed by atoms with van der Waals surface area (Å²) in [6.07, 6.45) is 1.30. The Morgan fingerprint density at radius 3 is 2.20 bits per heavy atom. The highest BCUT2D eigenvalue weighted by Crippen LogP contribution is 2.23. The molecule has 0 aromatic heterocycles. The molecule has 0 bridgehead atoms. The number of carbonyl (C=O) groups is 1. The average molecular weight is 580 g/mol. The highest BCUT2D eigenvalue weighted by atomic mass is 32.2.